The predicted octanol–water partition coefficient (Wildman–Crippen LogP) is 2.75. The predicted molar refractivity (Wildman–Crippen MR) is 71.9 cm³/mol. The van der Waals surface area contributed by atoms with E-state index in [1.54, 1.807) is 12.1 Å². The molecule has 0 fully saturated rings. The highest BCUT2D eigenvalue weighted by Crippen LogP contribution is 2.13. The summed E-state index contributed by atoms with van der Waals surface area (Å²) in [6, 6.07) is 7.06. The molecule has 4 nitrogen and oxygen atoms in total. The van der Waals surface area contributed by atoms with Gasteiger partial charge in [-0.25, -0.2) is 4.79 Å². The van der Waals surface area contributed by atoms with Gasteiger partial charge in [-0.1, -0.05) is 12.1 Å². The van der Waals surface area contributed by atoms with Gasteiger partial charge in [-0.3, -0.25) is 4.79 Å². The molecule has 0 bridgehead atoms. The maximum Gasteiger partial charge on any atom is 0.338 e. The molecule has 0 N–H and O–H groups in total. The Kier molecular flexibility index (Phi) is 5.10. The first-order chi connectivity index (χ1) is 8.81. The van der Waals surface area contributed by atoms with Gasteiger partial charge in [0.2, 0.25) is 0 Å². The number of carbonyl (C=O) groups excluding carboxylic acids is 2. The lowest BCUT2D eigenvalue weighted by Crippen LogP contribution is -2.23. The molecular formula is C15H20O4. The van der Waals surface area contributed by atoms with E-state index in [9.17, 15) is 9.59 Å². The highest BCUT2D eigenvalue weighted by Gasteiger charge is 2.17. The van der Waals surface area contributed by atoms with E-state index in [0.29, 0.717) is 18.4 Å². The minimum Gasteiger partial charge on any atom is -0.469 e. The third-order valence-electron chi connectivity index (χ3n) is 2.43. The Morgan fingerprint density at radius 2 is 1.68 bits per heavy atom. The van der Waals surface area contributed by atoms with Crippen LogP contribution in [0.2, 0.25) is 0 Å². The van der Waals surface area contributed by atoms with E-state index >= 15 is 0 Å². The van der Waals surface area contributed by atoms with Crippen molar-refractivity contribution >= 4 is 11.9 Å². The number of rotatable bonds is 4. The zero-order valence-corrected chi connectivity index (χ0v) is 11.9. The van der Waals surface area contributed by atoms with Crippen LogP contribution < -0.4 is 0 Å². The fourth-order valence-corrected chi connectivity index (χ4v) is 1.49. The molecule has 0 aliphatic rings. The van der Waals surface area contributed by atoms with Gasteiger partial charge in [-0.2, -0.15) is 0 Å². The number of ether oxygens (including phenoxy) is 2. The van der Waals surface area contributed by atoms with E-state index in [0.717, 1.165) is 5.56 Å². The Morgan fingerprint density at radius 1 is 1.11 bits per heavy atom. The van der Waals surface area contributed by atoms with Gasteiger partial charge in [-0.05, 0) is 44.9 Å². The molecule has 1 aromatic rings. The maximum absolute atomic E-state index is 11.8. The molecule has 0 amide bonds. The Labute approximate surface area is 113 Å². The minimum absolute atomic E-state index is 0.240. The van der Waals surface area contributed by atoms with Crippen LogP contribution in [-0.2, 0) is 20.7 Å². The average molecular weight is 264 g/mol. The number of aryl methyl sites for hydroxylation is 1. The summed E-state index contributed by atoms with van der Waals surface area (Å²) in [5.74, 6) is -0.580. The molecule has 0 aromatic heterocycles. The lowest BCUT2D eigenvalue weighted by Gasteiger charge is -2.19. The van der Waals surface area contributed by atoms with Crippen LogP contribution in [0, 0.1) is 0 Å². The van der Waals surface area contributed by atoms with E-state index in [1.807, 2.05) is 32.9 Å². The Hall–Kier alpha value is -1.84. The Bertz CT molecular complexity index is 440. The van der Waals surface area contributed by atoms with Crippen LogP contribution in [0.1, 0.15) is 43.1 Å². The van der Waals surface area contributed by atoms with Gasteiger partial charge in [0.05, 0.1) is 12.7 Å². The van der Waals surface area contributed by atoms with Crippen molar-refractivity contribution in [2.45, 2.75) is 39.2 Å². The second-order valence-corrected chi connectivity index (χ2v) is 5.27. The number of benzene rings is 1. The van der Waals surface area contributed by atoms with Crippen molar-refractivity contribution in [2.75, 3.05) is 7.11 Å². The molecule has 0 spiro atoms. The van der Waals surface area contributed by atoms with Crippen molar-refractivity contribution in [1.29, 1.82) is 0 Å². The third kappa shape index (κ3) is 5.55. The van der Waals surface area contributed by atoms with E-state index in [4.69, 9.17) is 4.74 Å². The minimum atomic E-state index is -0.499. The van der Waals surface area contributed by atoms with Gasteiger partial charge in [-0.15, -0.1) is 0 Å². The number of esters is 2. The van der Waals surface area contributed by atoms with E-state index in [1.165, 1.54) is 7.11 Å². The van der Waals surface area contributed by atoms with E-state index in [-0.39, 0.29) is 11.9 Å². The summed E-state index contributed by atoms with van der Waals surface area (Å²) < 4.78 is 9.84. The molecule has 0 saturated carbocycles. The first kappa shape index (κ1) is 15.2. The molecule has 0 aliphatic carbocycles. The first-order valence-corrected chi connectivity index (χ1v) is 6.21. The van der Waals surface area contributed by atoms with Crippen LogP contribution in [0.5, 0.6) is 0 Å². The van der Waals surface area contributed by atoms with E-state index in [2.05, 4.69) is 4.74 Å². The summed E-state index contributed by atoms with van der Waals surface area (Å²) in [6.07, 6.45) is 0.934. The smallest absolute Gasteiger partial charge is 0.338 e. The van der Waals surface area contributed by atoms with E-state index < -0.39 is 5.60 Å². The lowest BCUT2D eigenvalue weighted by molar-refractivity contribution is -0.140. The second kappa shape index (κ2) is 6.36. The number of carbonyl (C=O) groups is 2. The van der Waals surface area contributed by atoms with Gasteiger partial charge in [0, 0.05) is 6.42 Å². The summed E-state index contributed by atoms with van der Waals surface area (Å²) in [5.41, 5.74) is 0.995. The molecule has 19 heavy (non-hydrogen) atoms. The summed E-state index contributed by atoms with van der Waals surface area (Å²) in [6.45, 7) is 5.49. The van der Waals surface area contributed by atoms with Crippen LogP contribution >= 0.6 is 0 Å². The highest BCUT2D eigenvalue weighted by molar-refractivity contribution is 5.89. The summed E-state index contributed by atoms with van der Waals surface area (Å²) in [7, 11) is 1.37. The van der Waals surface area contributed by atoms with Crippen molar-refractivity contribution < 1.29 is 19.1 Å². The normalized spacial score (nSPS) is 10.9. The van der Waals surface area contributed by atoms with Gasteiger partial charge < -0.3 is 9.47 Å². The van der Waals surface area contributed by atoms with Gasteiger partial charge >= 0.3 is 11.9 Å². The number of hydrogen-bond donors (Lipinski definition) is 0. The molecule has 4 heteroatoms. The summed E-state index contributed by atoms with van der Waals surface area (Å²) in [5, 5.41) is 0. The zero-order valence-electron chi connectivity index (χ0n) is 11.9. The molecule has 104 valence electrons. The second-order valence-electron chi connectivity index (χ2n) is 5.27. The standard InChI is InChI=1S/C15H20O4/c1-15(2,3)19-14(17)12-8-5-11(6-9-12)7-10-13(16)18-4/h5-6,8-9H,7,10H2,1-4H3. The van der Waals surface area contributed by atoms with Crippen LogP contribution in [0.15, 0.2) is 24.3 Å². The largest absolute Gasteiger partial charge is 0.469 e. The first-order valence-electron chi connectivity index (χ1n) is 6.21. The monoisotopic (exact) mass is 264 g/mol. The highest BCUT2D eigenvalue weighted by atomic mass is 16.6. The maximum atomic E-state index is 11.8. The molecular weight excluding hydrogens is 244 g/mol. The summed E-state index contributed by atoms with van der Waals surface area (Å²) in [4.78, 5) is 22.8. The van der Waals surface area contributed by atoms with Crippen LogP contribution in [0.25, 0.3) is 0 Å². The molecule has 0 saturated heterocycles. The summed E-state index contributed by atoms with van der Waals surface area (Å²) >= 11 is 0. The molecule has 0 atom stereocenters. The van der Waals surface area contributed by atoms with Gasteiger partial charge in [0.25, 0.3) is 0 Å². The topological polar surface area (TPSA) is 52.6 Å². The Balaban J connectivity index is 2.61. The van der Waals surface area contributed by atoms with Gasteiger partial charge in [0.1, 0.15) is 5.60 Å². The average Bonchev–Trinajstić information content (AvgIpc) is 2.34. The molecule has 1 rings (SSSR count). The fraction of sp³-hybridized carbons (Fsp3) is 0.467. The van der Waals surface area contributed by atoms with Gasteiger partial charge in [0.15, 0.2) is 0 Å². The third-order valence-corrected chi connectivity index (χ3v) is 2.43. The number of methoxy groups -OCH3 is 1. The zero-order chi connectivity index (χ0) is 14.5. The van der Waals surface area contributed by atoms with Crippen LogP contribution in [0.3, 0.4) is 0 Å². The SMILES string of the molecule is COC(=O)CCc1ccc(C(=O)OC(C)(C)C)cc1. The Morgan fingerprint density at radius 3 is 2.16 bits per heavy atom. The van der Waals surface area contributed by atoms with Crippen molar-refractivity contribution in [3.8, 4) is 0 Å². The molecule has 0 unspecified atom stereocenters. The molecule has 0 radical (unpaired) electrons. The van der Waals surface area contributed by atoms with Crippen LogP contribution in [0.4, 0.5) is 0 Å². The quantitative estimate of drug-likeness (QED) is 0.785. The molecule has 1 aromatic carbocycles. The van der Waals surface area contributed by atoms with Crippen LogP contribution in [-0.4, -0.2) is 24.6 Å². The number of hydrogen-bond acceptors (Lipinski definition) is 4. The van der Waals surface area contributed by atoms with Crippen molar-refractivity contribution in [3.63, 3.8) is 0 Å². The molecule has 0 heterocycles. The fourth-order valence-electron chi connectivity index (χ4n) is 1.49. The molecule has 0 aliphatic heterocycles. The van der Waals surface area contributed by atoms with Crippen molar-refractivity contribution in [2.24, 2.45) is 0 Å². The van der Waals surface area contributed by atoms with Crippen molar-refractivity contribution in [3.05, 3.63) is 35.4 Å². The lowest BCUT2D eigenvalue weighted by atomic mass is 10.1. The van der Waals surface area contributed by atoms with Crippen molar-refractivity contribution in [1.82, 2.24) is 0 Å².